The predicted molar refractivity (Wildman–Crippen MR) is 87.3 cm³/mol. The van der Waals surface area contributed by atoms with Crippen molar-refractivity contribution in [1.82, 2.24) is 10.3 Å². The van der Waals surface area contributed by atoms with Gasteiger partial charge in [-0.1, -0.05) is 43.3 Å². The number of nitrogens with zero attached hydrogens (tertiary/aromatic N) is 2. The number of benzene rings is 1. The van der Waals surface area contributed by atoms with Gasteiger partial charge in [-0.3, -0.25) is 9.98 Å². The van der Waals surface area contributed by atoms with Gasteiger partial charge in [0.1, 0.15) is 0 Å². The molecular formula is C17H22N4. The van der Waals surface area contributed by atoms with Crippen molar-refractivity contribution in [2.75, 3.05) is 13.1 Å². The number of guanidine groups is 1. The second kappa shape index (κ2) is 8.04. The fourth-order valence-corrected chi connectivity index (χ4v) is 2.04. The third kappa shape index (κ3) is 5.26. The van der Waals surface area contributed by atoms with Gasteiger partial charge in [0.2, 0.25) is 0 Å². The van der Waals surface area contributed by atoms with E-state index in [2.05, 4.69) is 34.3 Å². The summed E-state index contributed by atoms with van der Waals surface area (Å²) in [6.07, 6.45) is 2.64. The maximum absolute atomic E-state index is 5.88. The summed E-state index contributed by atoms with van der Waals surface area (Å²) in [5.74, 6) is 0.857. The van der Waals surface area contributed by atoms with Gasteiger partial charge < -0.3 is 11.1 Å². The molecule has 0 aliphatic heterocycles. The Balaban J connectivity index is 1.74. The van der Waals surface area contributed by atoms with Crippen molar-refractivity contribution in [3.05, 3.63) is 66.0 Å². The summed E-state index contributed by atoms with van der Waals surface area (Å²) in [6.45, 7) is 3.58. The zero-order chi connectivity index (χ0) is 14.9. The molecule has 0 saturated heterocycles. The van der Waals surface area contributed by atoms with E-state index in [0.29, 0.717) is 18.4 Å². The van der Waals surface area contributed by atoms with Gasteiger partial charge in [0.15, 0.2) is 5.96 Å². The summed E-state index contributed by atoms with van der Waals surface area (Å²) in [7, 11) is 0. The van der Waals surface area contributed by atoms with Gasteiger partial charge in [-0.2, -0.15) is 0 Å². The van der Waals surface area contributed by atoms with Crippen molar-refractivity contribution in [2.24, 2.45) is 10.7 Å². The molecule has 4 heteroatoms. The molecule has 0 amide bonds. The van der Waals surface area contributed by atoms with Gasteiger partial charge in [-0.15, -0.1) is 0 Å². The van der Waals surface area contributed by atoms with Crippen molar-refractivity contribution in [1.29, 1.82) is 0 Å². The second-order valence-corrected chi connectivity index (χ2v) is 5.04. The lowest BCUT2D eigenvalue weighted by Crippen LogP contribution is -2.33. The molecular weight excluding hydrogens is 260 g/mol. The maximum Gasteiger partial charge on any atom is 0.188 e. The zero-order valence-corrected chi connectivity index (χ0v) is 12.4. The van der Waals surface area contributed by atoms with Crippen LogP contribution in [-0.4, -0.2) is 24.0 Å². The summed E-state index contributed by atoms with van der Waals surface area (Å²) in [6, 6.07) is 16.3. The Morgan fingerprint density at radius 2 is 1.95 bits per heavy atom. The molecule has 1 aromatic carbocycles. The quantitative estimate of drug-likeness (QED) is 0.631. The summed E-state index contributed by atoms with van der Waals surface area (Å²) in [4.78, 5) is 8.66. The fraction of sp³-hybridized carbons (Fsp3) is 0.294. The minimum Gasteiger partial charge on any atom is -0.370 e. The molecule has 0 bridgehead atoms. The van der Waals surface area contributed by atoms with Crippen LogP contribution < -0.4 is 11.1 Å². The van der Waals surface area contributed by atoms with Crippen LogP contribution in [0.1, 0.15) is 24.1 Å². The van der Waals surface area contributed by atoms with Crippen molar-refractivity contribution < 1.29 is 0 Å². The van der Waals surface area contributed by atoms with Crippen LogP contribution in [0.15, 0.2) is 59.7 Å². The van der Waals surface area contributed by atoms with Crippen molar-refractivity contribution in [3.63, 3.8) is 0 Å². The zero-order valence-electron chi connectivity index (χ0n) is 12.4. The topological polar surface area (TPSA) is 63.3 Å². The molecule has 4 nitrogen and oxygen atoms in total. The number of hydrogen-bond donors (Lipinski definition) is 2. The van der Waals surface area contributed by atoms with Gasteiger partial charge in [0, 0.05) is 37.3 Å². The van der Waals surface area contributed by atoms with E-state index in [-0.39, 0.29) is 0 Å². The van der Waals surface area contributed by atoms with Gasteiger partial charge >= 0.3 is 0 Å². The van der Waals surface area contributed by atoms with Crippen LogP contribution >= 0.6 is 0 Å². The van der Waals surface area contributed by atoms with E-state index in [1.165, 1.54) is 5.56 Å². The maximum atomic E-state index is 5.88. The van der Waals surface area contributed by atoms with Crippen molar-refractivity contribution in [2.45, 2.75) is 19.3 Å². The van der Waals surface area contributed by atoms with Crippen molar-refractivity contribution >= 4 is 5.96 Å². The first kappa shape index (κ1) is 15.0. The van der Waals surface area contributed by atoms with E-state index < -0.39 is 0 Å². The Labute approximate surface area is 126 Å². The monoisotopic (exact) mass is 282 g/mol. The first-order chi connectivity index (χ1) is 10.3. The van der Waals surface area contributed by atoms with E-state index in [4.69, 9.17) is 5.73 Å². The van der Waals surface area contributed by atoms with E-state index >= 15 is 0 Å². The molecule has 0 saturated carbocycles. The van der Waals surface area contributed by atoms with Gasteiger partial charge in [0.25, 0.3) is 0 Å². The molecule has 1 heterocycles. The molecule has 1 unspecified atom stereocenters. The van der Waals surface area contributed by atoms with Crippen LogP contribution in [0.3, 0.4) is 0 Å². The first-order valence-electron chi connectivity index (χ1n) is 7.24. The molecule has 110 valence electrons. The molecule has 1 atom stereocenters. The second-order valence-electron chi connectivity index (χ2n) is 5.04. The highest BCUT2D eigenvalue weighted by atomic mass is 15.1. The average molecular weight is 282 g/mol. The fourth-order valence-electron chi connectivity index (χ4n) is 2.04. The Morgan fingerprint density at radius 3 is 2.67 bits per heavy atom. The average Bonchev–Trinajstić information content (AvgIpc) is 2.54. The van der Waals surface area contributed by atoms with E-state index in [1.54, 1.807) is 6.20 Å². The van der Waals surface area contributed by atoms with Gasteiger partial charge in [-0.25, -0.2) is 0 Å². The number of nitrogens with two attached hydrogens (primary N) is 1. The van der Waals surface area contributed by atoms with E-state index in [1.807, 2.05) is 36.4 Å². The summed E-state index contributed by atoms with van der Waals surface area (Å²) >= 11 is 0. The lowest BCUT2D eigenvalue weighted by atomic mass is 10.0. The van der Waals surface area contributed by atoms with E-state index in [0.717, 1.165) is 18.7 Å². The standard InChI is InChI=1S/C17H22N4/c1-14(15-7-3-2-4-8-15)13-21-17(18)20-12-10-16-9-5-6-11-19-16/h2-9,11,14H,10,12-13H2,1H3,(H3,18,20,21). The van der Waals surface area contributed by atoms with Crippen LogP contribution in [-0.2, 0) is 6.42 Å². The Hall–Kier alpha value is -2.36. The largest absolute Gasteiger partial charge is 0.370 e. The smallest absolute Gasteiger partial charge is 0.188 e. The molecule has 1 aromatic heterocycles. The number of nitrogens with one attached hydrogen (secondary N) is 1. The molecule has 3 N–H and O–H groups in total. The Morgan fingerprint density at radius 1 is 1.19 bits per heavy atom. The first-order valence-corrected chi connectivity index (χ1v) is 7.24. The number of aliphatic imine (C=N–C) groups is 1. The van der Waals surface area contributed by atoms with Gasteiger partial charge in [0.05, 0.1) is 0 Å². The molecule has 0 aliphatic carbocycles. The minimum absolute atomic E-state index is 0.363. The normalized spacial score (nSPS) is 12.9. The SMILES string of the molecule is CC(CN=C(N)NCCc1ccccn1)c1ccccc1. The number of hydrogen-bond acceptors (Lipinski definition) is 2. The number of pyridine rings is 1. The molecule has 0 fully saturated rings. The van der Waals surface area contributed by atoms with Crippen LogP contribution in [0, 0.1) is 0 Å². The molecule has 0 spiro atoms. The van der Waals surface area contributed by atoms with Crippen molar-refractivity contribution in [3.8, 4) is 0 Å². The highest BCUT2D eigenvalue weighted by molar-refractivity contribution is 5.77. The van der Waals surface area contributed by atoms with Crippen LogP contribution in [0.5, 0.6) is 0 Å². The molecule has 0 aliphatic rings. The Kier molecular flexibility index (Phi) is 5.76. The number of aromatic nitrogens is 1. The van der Waals surface area contributed by atoms with E-state index in [9.17, 15) is 0 Å². The molecule has 2 rings (SSSR count). The predicted octanol–water partition coefficient (Wildman–Crippen LogP) is 2.33. The molecule has 2 aromatic rings. The third-order valence-corrected chi connectivity index (χ3v) is 3.32. The van der Waals surface area contributed by atoms with Crippen LogP contribution in [0.25, 0.3) is 0 Å². The van der Waals surface area contributed by atoms with Crippen LogP contribution in [0.4, 0.5) is 0 Å². The van der Waals surface area contributed by atoms with Crippen LogP contribution in [0.2, 0.25) is 0 Å². The lowest BCUT2D eigenvalue weighted by Gasteiger charge is -2.10. The minimum atomic E-state index is 0.363. The summed E-state index contributed by atoms with van der Waals surface area (Å²) in [5, 5.41) is 3.13. The highest BCUT2D eigenvalue weighted by Gasteiger charge is 2.03. The summed E-state index contributed by atoms with van der Waals surface area (Å²) in [5.41, 5.74) is 8.21. The number of rotatable bonds is 6. The summed E-state index contributed by atoms with van der Waals surface area (Å²) < 4.78 is 0. The lowest BCUT2D eigenvalue weighted by molar-refractivity contribution is 0.760. The molecule has 21 heavy (non-hydrogen) atoms. The van der Waals surface area contributed by atoms with Gasteiger partial charge in [-0.05, 0) is 17.7 Å². The third-order valence-electron chi connectivity index (χ3n) is 3.32. The highest BCUT2D eigenvalue weighted by Crippen LogP contribution is 2.14. The Bertz CT molecular complexity index is 552. The molecule has 0 radical (unpaired) electrons.